The average molecular weight is 196 g/mol. The van der Waals surface area contributed by atoms with E-state index in [9.17, 15) is 9.90 Å². The molecule has 0 spiro atoms. The number of ether oxygens (including phenoxy) is 2. The smallest absolute Gasteiger partial charge is 0.337 e. The molecule has 4 nitrogen and oxygen atoms in total. The van der Waals surface area contributed by atoms with Gasteiger partial charge in [-0.15, -0.1) is 6.58 Å². The number of aliphatic hydroxyl groups is 1. The van der Waals surface area contributed by atoms with Gasteiger partial charge in [0.1, 0.15) is 0 Å². The molecule has 2 heterocycles. The third-order valence-corrected chi connectivity index (χ3v) is 2.70. The lowest BCUT2D eigenvalue weighted by atomic mass is 9.81. The van der Waals surface area contributed by atoms with Gasteiger partial charge in [0.2, 0.25) is 6.29 Å². The zero-order valence-corrected chi connectivity index (χ0v) is 7.68. The molecule has 1 saturated heterocycles. The van der Waals surface area contributed by atoms with Crippen LogP contribution in [-0.4, -0.2) is 24.0 Å². The molecule has 4 heteroatoms. The van der Waals surface area contributed by atoms with Crippen molar-refractivity contribution in [3.63, 3.8) is 0 Å². The molecule has 0 aromatic heterocycles. The molecule has 0 amide bonds. The van der Waals surface area contributed by atoms with Crippen molar-refractivity contribution in [1.29, 1.82) is 0 Å². The van der Waals surface area contributed by atoms with Gasteiger partial charge in [0.15, 0.2) is 0 Å². The van der Waals surface area contributed by atoms with Crippen molar-refractivity contribution < 1.29 is 19.4 Å². The Labute approximate surface area is 81.8 Å². The SMILES string of the molecule is C=C[C@H]1C(O)OC=C2C(=O)OCC[C@H]21. The summed E-state index contributed by atoms with van der Waals surface area (Å²) < 4.78 is 9.81. The second kappa shape index (κ2) is 3.46. The van der Waals surface area contributed by atoms with E-state index in [1.807, 2.05) is 0 Å². The highest BCUT2D eigenvalue weighted by Gasteiger charge is 2.39. The number of esters is 1. The normalized spacial score (nSPS) is 36.2. The molecule has 14 heavy (non-hydrogen) atoms. The summed E-state index contributed by atoms with van der Waals surface area (Å²) in [5, 5.41) is 9.50. The van der Waals surface area contributed by atoms with Crippen LogP contribution >= 0.6 is 0 Å². The molecule has 0 aromatic rings. The molecule has 76 valence electrons. The largest absolute Gasteiger partial charge is 0.472 e. The summed E-state index contributed by atoms with van der Waals surface area (Å²) >= 11 is 0. The predicted molar refractivity (Wildman–Crippen MR) is 47.9 cm³/mol. The summed E-state index contributed by atoms with van der Waals surface area (Å²) in [6.45, 7) is 4.03. The number of hydrogen-bond donors (Lipinski definition) is 1. The fourth-order valence-corrected chi connectivity index (χ4v) is 1.92. The topological polar surface area (TPSA) is 55.8 Å². The van der Waals surface area contributed by atoms with E-state index in [0.717, 1.165) is 0 Å². The van der Waals surface area contributed by atoms with E-state index in [0.29, 0.717) is 18.6 Å². The zero-order valence-electron chi connectivity index (χ0n) is 7.68. The van der Waals surface area contributed by atoms with E-state index in [-0.39, 0.29) is 17.8 Å². The van der Waals surface area contributed by atoms with Crippen molar-refractivity contribution in [2.45, 2.75) is 12.7 Å². The van der Waals surface area contributed by atoms with Gasteiger partial charge in [0.25, 0.3) is 0 Å². The molecule has 2 rings (SSSR count). The molecule has 1 fully saturated rings. The van der Waals surface area contributed by atoms with E-state index in [4.69, 9.17) is 9.47 Å². The monoisotopic (exact) mass is 196 g/mol. The van der Waals surface area contributed by atoms with Gasteiger partial charge in [-0.25, -0.2) is 4.79 Å². The van der Waals surface area contributed by atoms with Gasteiger partial charge in [-0.2, -0.15) is 0 Å². The van der Waals surface area contributed by atoms with Gasteiger partial charge in [-0.3, -0.25) is 0 Å². The summed E-state index contributed by atoms with van der Waals surface area (Å²) in [6, 6.07) is 0. The van der Waals surface area contributed by atoms with Crippen LogP contribution < -0.4 is 0 Å². The van der Waals surface area contributed by atoms with Crippen molar-refractivity contribution in [3.05, 3.63) is 24.5 Å². The second-order valence-electron chi connectivity index (χ2n) is 3.44. The Bertz CT molecular complexity index is 294. The van der Waals surface area contributed by atoms with Gasteiger partial charge in [0.05, 0.1) is 18.4 Å². The molecule has 0 saturated carbocycles. The van der Waals surface area contributed by atoms with Crippen LogP contribution in [0.2, 0.25) is 0 Å². The molecule has 0 radical (unpaired) electrons. The highest BCUT2D eigenvalue weighted by molar-refractivity contribution is 5.89. The Balaban J connectivity index is 2.29. The highest BCUT2D eigenvalue weighted by Crippen LogP contribution is 2.35. The van der Waals surface area contributed by atoms with Crippen LogP contribution in [0.25, 0.3) is 0 Å². The number of fused-ring (bicyclic) bond motifs is 1. The average Bonchev–Trinajstić information content (AvgIpc) is 2.18. The van der Waals surface area contributed by atoms with Crippen LogP contribution in [0.4, 0.5) is 0 Å². The first-order chi connectivity index (χ1) is 6.74. The minimum Gasteiger partial charge on any atom is -0.472 e. The van der Waals surface area contributed by atoms with Crippen molar-refractivity contribution in [3.8, 4) is 0 Å². The summed E-state index contributed by atoms with van der Waals surface area (Å²) in [5.74, 6) is -0.583. The number of cyclic esters (lactones) is 1. The minimum absolute atomic E-state index is 0.0162. The molecular formula is C10H12O4. The van der Waals surface area contributed by atoms with Gasteiger partial charge >= 0.3 is 5.97 Å². The lowest BCUT2D eigenvalue weighted by Crippen LogP contribution is -2.38. The summed E-state index contributed by atoms with van der Waals surface area (Å²) in [7, 11) is 0. The maximum atomic E-state index is 11.3. The molecule has 0 bridgehead atoms. The summed E-state index contributed by atoms with van der Waals surface area (Å²) in [4.78, 5) is 11.3. The third kappa shape index (κ3) is 1.32. The lowest BCUT2D eigenvalue weighted by Gasteiger charge is -2.35. The Morgan fingerprint density at radius 1 is 1.64 bits per heavy atom. The molecular weight excluding hydrogens is 184 g/mol. The van der Waals surface area contributed by atoms with Crippen LogP contribution in [-0.2, 0) is 14.3 Å². The van der Waals surface area contributed by atoms with E-state index >= 15 is 0 Å². The Kier molecular flexibility index (Phi) is 2.29. The fourth-order valence-electron chi connectivity index (χ4n) is 1.92. The predicted octanol–water partition coefficient (Wildman–Crippen LogP) is 0.584. The molecule has 2 aliphatic heterocycles. The minimum atomic E-state index is -0.896. The van der Waals surface area contributed by atoms with Crippen molar-refractivity contribution in [1.82, 2.24) is 0 Å². The zero-order chi connectivity index (χ0) is 10.1. The second-order valence-corrected chi connectivity index (χ2v) is 3.44. The van der Waals surface area contributed by atoms with Gasteiger partial charge in [0, 0.05) is 11.8 Å². The van der Waals surface area contributed by atoms with E-state index in [1.165, 1.54) is 6.26 Å². The van der Waals surface area contributed by atoms with Gasteiger partial charge in [-0.1, -0.05) is 6.08 Å². The summed E-state index contributed by atoms with van der Waals surface area (Å²) in [5.41, 5.74) is 0.506. The fraction of sp³-hybridized carbons (Fsp3) is 0.500. The highest BCUT2D eigenvalue weighted by atomic mass is 16.6. The molecule has 0 aromatic carbocycles. The summed E-state index contributed by atoms with van der Waals surface area (Å²) in [6.07, 6.45) is 2.75. The maximum absolute atomic E-state index is 11.3. The van der Waals surface area contributed by atoms with E-state index in [2.05, 4.69) is 6.58 Å². The molecule has 3 atom stereocenters. The quantitative estimate of drug-likeness (QED) is 0.492. The Morgan fingerprint density at radius 2 is 2.43 bits per heavy atom. The van der Waals surface area contributed by atoms with Crippen molar-refractivity contribution in [2.24, 2.45) is 11.8 Å². The number of carbonyl (C=O) groups is 1. The van der Waals surface area contributed by atoms with E-state index in [1.54, 1.807) is 6.08 Å². The molecule has 0 aliphatic carbocycles. The van der Waals surface area contributed by atoms with E-state index < -0.39 is 6.29 Å². The number of hydrogen-bond acceptors (Lipinski definition) is 4. The van der Waals surface area contributed by atoms with Gasteiger partial charge < -0.3 is 14.6 Å². The van der Waals surface area contributed by atoms with Crippen LogP contribution in [0.1, 0.15) is 6.42 Å². The maximum Gasteiger partial charge on any atom is 0.337 e. The Hall–Kier alpha value is -1.29. The van der Waals surface area contributed by atoms with Gasteiger partial charge in [-0.05, 0) is 6.42 Å². The van der Waals surface area contributed by atoms with Crippen LogP contribution in [0, 0.1) is 11.8 Å². The number of rotatable bonds is 1. The van der Waals surface area contributed by atoms with Crippen LogP contribution in [0.3, 0.4) is 0 Å². The lowest BCUT2D eigenvalue weighted by molar-refractivity contribution is -0.151. The first kappa shape index (κ1) is 9.27. The molecule has 1 N–H and O–H groups in total. The standard InChI is InChI=1S/C10H12O4/c1-2-6-7-3-4-13-10(12)8(7)5-14-9(6)11/h2,5-7,9,11H,1,3-4H2/t6-,7+,9?/m1/s1. The third-order valence-electron chi connectivity index (χ3n) is 2.70. The van der Waals surface area contributed by atoms with Crippen molar-refractivity contribution in [2.75, 3.05) is 6.61 Å². The Morgan fingerprint density at radius 3 is 3.14 bits per heavy atom. The van der Waals surface area contributed by atoms with Crippen LogP contribution in [0.15, 0.2) is 24.5 Å². The number of aliphatic hydroxyl groups excluding tert-OH is 1. The molecule has 1 unspecified atom stereocenters. The van der Waals surface area contributed by atoms with Crippen LogP contribution in [0.5, 0.6) is 0 Å². The molecule has 2 aliphatic rings. The first-order valence-corrected chi connectivity index (χ1v) is 4.57. The number of carbonyl (C=O) groups excluding carboxylic acids is 1. The van der Waals surface area contributed by atoms with Crippen molar-refractivity contribution >= 4 is 5.97 Å². The first-order valence-electron chi connectivity index (χ1n) is 4.57.